The van der Waals surface area contributed by atoms with Gasteiger partial charge in [0.05, 0.1) is 10.1 Å². The Labute approximate surface area is 306 Å². The Morgan fingerprint density at radius 1 is 0.680 bits per heavy atom. The van der Waals surface area contributed by atoms with Gasteiger partial charge in [-0.2, -0.15) is 0 Å². The van der Waals surface area contributed by atoms with Crippen molar-refractivity contribution in [1.29, 1.82) is 0 Å². The second-order valence-corrected chi connectivity index (χ2v) is 18.2. The largest absolute Gasteiger partial charge is 0.223 e. The van der Waals surface area contributed by atoms with Crippen molar-refractivity contribution in [1.82, 2.24) is 0 Å². The lowest BCUT2D eigenvalue weighted by Crippen LogP contribution is -2.19. The molecule has 1 atom stereocenters. The number of allylic oxidation sites excluding steroid dienone is 19. The molecule has 0 aromatic heterocycles. The van der Waals surface area contributed by atoms with Gasteiger partial charge in [-0.05, 0) is 128 Å². The fourth-order valence-electron chi connectivity index (χ4n) is 7.17. The monoisotopic (exact) mass is 692 g/mol. The van der Waals surface area contributed by atoms with Crippen molar-refractivity contribution in [2.45, 2.75) is 131 Å². The summed E-state index contributed by atoms with van der Waals surface area (Å²) in [4.78, 5) is 0.357. The van der Waals surface area contributed by atoms with Gasteiger partial charge in [-0.1, -0.05) is 152 Å². The second kappa shape index (κ2) is 18.2. The maximum Gasteiger partial charge on any atom is 0.185 e. The number of rotatable bonds is 13. The van der Waals surface area contributed by atoms with E-state index in [0.717, 1.165) is 22.3 Å². The van der Waals surface area contributed by atoms with E-state index in [4.69, 9.17) is 0 Å². The minimum absolute atomic E-state index is 0.213. The molecule has 50 heavy (non-hydrogen) atoms. The molecule has 0 saturated heterocycles. The van der Waals surface area contributed by atoms with Crippen LogP contribution in [-0.2, 0) is 9.84 Å². The van der Waals surface area contributed by atoms with Gasteiger partial charge < -0.3 is 0 Å². The van der Waals surface area contributed by atoms with Crippen LogP contribution < -0.4 is 0 Å². The quantitative estimate of drug-likeness (QED) is 0.193. The first-order valence-electron chi connectivity index (χ1n) is 18.5. The lowest BCUT2D eigenvalue weighted by molar-refractivity contribution is 0.376. The molecule has 1 unspecified atom stereocenters. The summed E-state index contributed by atoms with van der Waals surface area (Å²) < 4.78 is 27.8. The molecule has 0 amide bonds. The number of aryl methyl sites for hydroxylation is 1. The van der Waals surface area contributed by atoms with E-state index in [-0.39, 0.29) is 10.8 Å². The highest BCUT2D eigenvalue weighted by atomic mass is 32.2. The Kier molecular flexibility index (Phi) is 14.9. The highest BCUT2D eigenvalue weighted by Gasteiger charge is 2.28. The molecule has 2 aliphatic rings. The van der Waals surface area contributed by atoms with Crippen LogP contribution in [0.1, 0.15) is 120 Å². The Morgan fingerprint density at radius 3 is 1.60 bits per heavy atom. The molecule has 0 bridgehead atoms. The van der Waals surface area contributed by atoms with Gasteiger partial charge in [0.25, 0.3) is 0 Å². The van der Waals surface area contributed by atoms with Crippen LogP contribution in [0.25, 0.3) is 0 Å². The lowest BCUT2D eigenvalue weighted by Gasteiger charge is -2.33. The third kappa shape index (κ3) is 12.1. The standard InChI is InChI=1S/C47H64O2S/c1-35(16-12-17-36(2)25-30-44-40(6)20-14-32-46(44,8)9)24-29-43(50(48,49)42-27-22-38(4)23-28-42)34-39(5)19-13-18-37(3)26-31-45-41(7)21-15-33-47(45,10)11/h12-13,16-19,22-28,30-31,34,43H,14-15,20-21,29,32-33H2,1-11H3/b16-12+,19-13+,30-25+,31-26+,35-24+,36-17+,37-18+,39-34+. The molecule has 0 aliphatic heterocycles. The van der Waals surface area contributed by atoms with Crippen LogP contribution in [0.5, 0.6) is 0 Å². The lowest BCUT2D eigenvalue weighted by atomic mass is 9.72. The van der Waals surface area contributed by atoms with Crippen LogP contribution in [0.4, 0.5) is 0 Å². The highest BCUT2D eigenvalue weighted by Crippen LogP contribution is 2.41. The summed E-state index contributed by atoms with van der Waals surface area (Å²) >= 11 is 0. The molecule has 2 nitrogen and oxygen atoms in total. The van der Waals surface area contributed by atoms with Gasteiger partial charge >= 0.3 is 0 Å². The molecular formula is C47H64O2S. The van der Waals surface area contributed by atoms with Gasteiger partial charge in [0, 0.05) is 0 Å². The van der Waals surface area contributed by atoms with Crippen molar-refractivity contribution in [2.75, 3.05) is 0 Å². The molecule has 3 heteroatoms. The fraction of sp³-hybridized carbons (Fsp3) is 0.447. The zero-order valence-corrected chi connectivity index (χ0v) is 33.8. The van der Waals surface area contributed by atoms with E-state index < -0.39 is 15.1 Å². The summed E-state index contributed by atoms with van der Waals surface area (Å²) in [6.45, 7) is 24.1. The van der Waals surface area contributed by atoms with Crippen molar-refractivity contribution in [3.05, 3.63) is 147 Å². The average Bonchev–Trinajstić information content (AvgIpc) is 3.02. The Bertz CT molecular complexity index is 1770. The van der Waals surface area contributed by atoms with Crippen molar-refractivity contribution in [3.63, 3.8) is 0 Å². The van der Waals surface area contributed by atoms with Crippen molar-refractivity contribution in [3.8, 4) is 0 Å². The van der Waals surface area contributed by atoms with Crippen molar-refractivity contribution in [2.24, 2.45) is 10.8 Å². The molecule has 0 spiro atoms. The SMILES string of the molecule is CC1=C(/C=C/C(C)=C/C=C/C(C)=C/CC(/C=C(C)/C=C/C=C(C)/C=C/C2=C(C)CCCC2(C)C)S(=O)(=O)c2ccc(C)cc2)C(C)(C)CCC1. The van der Waals surface area contributed by atoms with Gasteiger partial charge in [0.2, 0.25) is 0 Å². The van der Waals surface area contributed by atoms with E-state index in [2.05, 4.69) is 104 Å². The zero-order chi connectivity index (χ0) is 37.1. The Hall–Kier alpha value is -3.43. The first-order valence-corrected chi connectivity index (χ1v) is 20.1. The van der Waals surface area contributed by atoms with Gasteiger partial charge in [-0.15, -0.1) is 0 Å². The molecule has 0 fully saturated rings. The van der Waals surface area contributed by atoms with Crippen LogP contribution in [0, 0.1) is 17.8 Å². The third-order valence-electron chi connectivity index (χ3n) is 10.4. The predicted molar refractivity (Wildman–Crippen MR) is 219 cm³/mol. The second-order valence-electron chi connectivity index (χ2n) is 16.1. The van der Waals surface area contributed by atoms with Gasteiger partial charge in [0.1, 0.15) is 0 Å². The van der Waals surface area contributed by atoms with E-state index >= 15 is 0 Å². The first kappa shape index (κ1) is 41.0. The summed E-state index contributed by atoms with van der Waals surface area (Å²) in [6.07, 6.45) is 33.0. The van der Waals surface area contributed by atoms with Crippen molar-refractivity contribution < 1.29 is 8.42 Å². The predicted octanol–water partition coefficient (Wildman–Crippen LogP) is 13.6. The number of hydrogen-bond acceptors (Lipinski definition) is 2. The fourth-order valence-corrected chi connectivity index (χ4v) is 8.78. The molecule has 1 aromatic carbocycles. The van der Waals surface area contributed by atoms with Gasteiger partial charge in [0.15, 0.2) is 9.84 Å². The Morgan fingerprint density at radius 2 is 1.14 bits per heavy atom. The maximum absolute atomic E-state index is 13.9. The number of benzene rings is 1. The molecule has 0 saturated carbocycles. The minimum Gasteiger partial charge on any atom is -0.223 e. The van der Waals surface area contributed by atoms with Crippen LogP contribution in [0.2, 0.25) is 0 Å². The van der Waals surface area contributed by atoms with Gasteiger partial charge in [-0.25, -0.2) is 8.42 Å². The normalized spacial score (nSPS) is 20.7. The minimum atomic E-state index is -3.59. The van der Waals surface area contributed by atoms with E-state index in [0.29, 0.717) is 11.3 Å². The maximum atomic E-state index is 13.9. The summed E-state index contributed by atoms with van der Waals surface area (Å²) in [5, 5.41) is -0.679. The van der Waals surface area contributed by atoms with Crippen LogP contribution in [0.15, 0.2) is 147 Å². The topological polar surface area (TPSA) is 34.1 Å². The molecule has 0 heterocycles. The van der Waals surface area contributed by atoms with Crippen LogP contribution in [-0.4, -0.2) is 13.7 Å². The average molecular weight is 693 g/mol. The smallest absolute Gasteiger partial charge is 0.185 e. The molecule has 0 radical (unpaired) electrons. The van der Waals surface area contributed by atoms with Gasteiger partial charge in [-0.3, -0.25) is 0 Å². The third-order valence-corrected chi connectivity index (χ3v) is 12.5. The number of hydrogen-bond donors (Lipinski definition) is 0. The Balaban J connectivity index is 1.79. The first-order chi connectivity index (χ1) is 23.4. The highest BCUT2D eigenvalue weighted by molar-refractivity contribution is 7.92. The zero-order valence-electron chi connectivity index (χ0n) is 33.0. The molecule has 1 aromatic rings. The van der Waals surface area contributed by atoms with Crippen LogP contribution in [0.3, 0.4) is 0 Å². The van der Waals surface area contributed by atoms with E-state index in [9.17, 15) is 8.42 Å². The molecule has 3 rings (SSSR count). The molecule has 270 valence electrons. The summed E-state index contributed by atoms with van der Waals surface area (Å²) in [5.74, 6) is 0. The molecule has 0 N–H and O–H groups in total. The molecular weight excluding hydrogens is 629 g/mol. The molecule has 2 aliphatic carbocycles. The van der Waals surface area contributed by atoms with Crippen LogP contribution >= 0.6 is 0 Å². The summed E-state index contributed by atoms with van der Waals surface area (Å²) in [6, 6.07) is 7.19. The van der Waals surface area contributed by atoms with E-state index in [1.165, 1.54) is 66.4 Å². The van der Waals surface area contributed by atoms with E-state index in [1.807, 2.05) is 57.2 Å². The number of sulfone groups is 1. The van der Waals surface area contributed by atoms with E-state index in [1.54, 1.807) is 12.1 Å². The summed E-state index contributed by atoms with van der Waals surface area (Å²) in [7, 11) is -3.59. The summed E-state index contributed by atoms with van der Waals surface area (Å²) in [5.41, 5.74) is 11.7. The van der Waals surface area contributed by atoms with Crippen molar-refractivity contribution >= 4 is 9.84 Å².